The molecule has 0 saturated carbocycles. The monoisotopic (exact) mass is 308 g/mol. The van der Waals surface area contributed by atoms with Gasteiger partial charge in [0.1, 0.15) is 0 Å². The maximum absolute atomic E-state index is 13.0. The van der Waals surface area contributed by atoms with Crippen molar-refractivity contribution in [2.45, 2.75) is 13.8 Å². The minimum atomic E-state index is -0.241. The van der Waals surface area contributed by atoms with Gasteiger partial charge in [0.05, 0.1) is 17.3 Å². The van der Waals surface area contributed by atoms with Gasteiger partial charge in [0.2, 0.25) is 5.91 Å². The predicted molar refractivity (Wildman–Crippen MR) is 91.8 cm³/mol. The Morgan fingerprint density at radius 2 is 1.65 bits per heavy atom. The number of carbonyl (C=O) groups is 2. The molecule has 23 heavy (non-hydrogen) atoms. The highest BCUT2D eigenvalue weighted by molar-refractivity contribution is 6.11. The number of rotatable bonds is 2. The molecular formula is C19H20N2O2. The van der Waals surface area contributed by atoms with E-state index in [4.69, 9.17) is 0 Å². The Labute approximate surface area is 136 Å². The molecule has 0 fully saturated rings. The zero-order chi connectivity index (χ0) is 16.4. The van der Waals surface area contributed by atoms with Crippen LogP contribution in [0.25, 0.3) is 0 Å². The molecule has 0 saturated heterocycles. The summed E-state index contributed by atoms with van der Waals surface area (Å²) >= 11 is 0. The summed E-state index contributed by atoms with van der Waals surface area (Å²) in [6.45, 7) is 4.81. The fraction of sp³-hybridized carbons (Fsp3) is 0.263. The molecule has 3 rings (SSSR count). The Morgan fingerprint density at radius 3 is 2.30 bits per heavy atom. The summed E-state index contributed by atoms with van der Waals surface area (Å²) in [6, 6.07) is 16.8. The van der Waals surface area contributed by atoms with E-state index in [1.54, 1.807) is 21.9 Å². The maximum Gasteiger partial charge on any atom is 0.258 e. The van der Waals surface area contributed by atoms with Crippen molar-refractivity contribution in [1.82, 2.24) is 0 Å². The van der Waals surface area contributed by atoms with E-state index in [1.807, 2.05) is 56.3 Å². The van der Waals surface area contributed by atoms with Crippen LogP contribution >= 0.6 is 0 Å². The first kappa shape index (κ1) is 15.3. The number of carbonyl (C=O) groups excluding carboxylic acids is 2. The van der Waals surface area contributed by atoms with E-state index in [0.29, 0.717) is 18.7 Å². The molecule has 0 unspecified atom stereocenters. The highest BCUT2D eigenvalue weighted by Gasteiger charge is 2.33. The lowest BCUT2D eigenvalue weighted by Crippen LogP contribution is -2.38. The van der Waals surface area contributed by atoms with Crippen molar-refractivity contribution in [3.8, 4) is 0 Å². The Kier molecular flexibility index (Phi) is 4.15. The fourth-order valence-electron chi connectivity index (χ4n) is 3.01. The van der Waals surface area contributed by atoms with Crippen molar-refractivity contribution in [1.29, 1.82) is 0 Å². The van der Waals surface area contributed by atoms with Gasteiger partial charge < -0.3 is 9.80 Å². The molecule has 2 aromatic carbocycles. The number of hydrogen-bond acceptors (Lipinski definition) is 2. The van der Waals surface area contributed by atoms with Crippen LogP contribution in [-0.4, -0.2) is 24.9 Å². The molecule has 2 amide bonds. The van der Waals surface area contributed by atoms with Gasteiger partial charge in [0, 0.05) is 18.7 Å². The van der Waals surface area contributed by atoms with Gasteiger partial charge in [-0.1, -0.05) is 37.3 Å². The van der Waals surface area contributed by atoms with Crippen molar-refractivity contribution < 1.29 is 9.59 Å². The smallest absolute Gasteiger partial charge is 0.258 e. The summed E-state index contributed by atoms with van der Waals surface area (Å²) in [4.78, 5) is 29.1. The maximum atomic E-state index is 13.0. The second-order valence-electron chi connectivity index (χ2n) is 5.75. The zero-order valence-corrected chi connectivity index (χ0v) is 13.4. The molecule has 118 valence electrons. The van der Waals surface area contributed by atoms with Gasteiger partial charge in [-0.05, 0) is 31.2 Å². The molecule has 4 heteroatoms. The largest absolute Gasteiger partial charge is 0.310 e. The number of fused-ring (bicyclic) bond motifs is 1. The van der Waals surface area contributed by atoms with Gasteiger partial charge in [-0.15, -0.1) is 0 Å². The topological polar surface area (TPSA) is 40.6 Å². The lowest BCUT2D eigenvalue weighted by Gasteiger charge is -2.24. The minimum absolute atomic E-state index is 0.0586. The average Bonchev–Trinajstić information content (AvgIpc) is 2.70. The standard InChI is InChI=1S/C19H20N2O2/c1-3-20-16-11-7-8-12-17(16)21(13-14(2)18(20)22)19(23)15-9-5-4-6-10-15/h4-12,14H,3,13H2,1-2H3/t14-/m1/s1. The van der Waals surface area contributed by atoms with Gasteiger partial charge in [0.15, 0.2) is 0 Å². The van der Waals surface area contributed by atoms with E-state index in [1.165, 1.54) is 0 Å². The summed E-state index contributed by atoms with van der Waals surface area (Å²) < 4.78 is 0. The molecular weight excluding hydrogens is 288 g/mol. The van der Waals surface area contributed by atoms with Crippen LogP contribution in [0.3, 0.4) is 0 Å². The van der Waals surface area contributed by atoms with Crippen LogP contribution in [0.2, 0.25) is 0 Å². The van der Waals surface area contributed by atoms with Gasteiger partial charge in [-0.3, -0.25) is 9.59 Å². The molecule has 2 aromatic rings. The average molecular weight is 308 g/mol. The molecule has 0 aromatic heterocycles. The Balaban J connectivity index is 2.10. The van der Waals surface area contributed by atoms with Crippen LogP contribution in [0.1, 0.15) is 24.2 Å². The third kappa shape index (κ3) is 2.72. The lowest BCUT2D eigenvalue weighted by molar-refractivity contribution is -0.121. The van der Waals surface area contributed by atoms with E-state index < -0.39 is 0 Å². The second-order valence-corrected chi connectivity index (χ2v) is 5.75. The van der Waals surface area contributed by atoms with E-state index in [2.05, 4.69) is 0 Å². The van der Waals surface area contributed by atoms with E-state index in [9.17, 15) is 9.59 Å². The van der Waals surface area contributed by atoms with Crippen molar-refractivity contribution in [3.63, 3.8) is 0 Å². The molecule has 4 nitrogen and oxygen atoms in total. The van der Waals surface area contributed by atoms with Gasteiger partial charge in [0.25, 0.3) is 5.91 Å². The number of hydrogen-bond donors (Lipinski definition) is 0. The molecule has 0 spiro atoms. The molecule has 0 radical (unpaired) electrons. The Hall–Kier alpha value is -2.62. The fourth-order valence-corrected chi connectivity index (χ4v) is 3.01. The minimum Gasteiger partial charge on any atom is -0.310 e. The molecule has 1 aliphatic heterocycles. The number of benzene rings is 2. The first-order valence-electron chi connectivity index (χ1n) is 7.90. The number of anilines is 2. The summed E-state index contributed by atoms with van der Waals surface area (Å²) in [5.41, 5.74) is 2.22. The van der Waals surface area contributed by atoms with Crippen LogP contribution in [0.4, 0.5) is 11.4 Å². The second kappa shape index (κ2) is 6.24. The number of nitrogens with zero attached hydrogens (tertiary/aromatic N) is 2. The van der Waals surface area contributed by atoms with Crippen molar-refractivity contribution in [2.75, 3.05) is 22.9 Å². The van der Waals surface area contributed by atoms with Gasteiger partial charge in [-0.25, -0.2) is 0 Å². The summed E-state index contributed by atoms with van der Waals surface area (Å²) in [7, 11) is 0. The molecule has 1 atom stereocenters. The molecule has 0 aliphatic carbocycles. The van der Waals surface area contributed by atoms with Crippen LogP contribution < -0.4 is 9.80 Å². The molecule has 0 N–H and O–H groups in total. The van der Waals surface area contributed by atoms with Crippen molar-refractivity contribution in [2.24, 2.45) is 5.92 Å². The third-order valence-corrected chi connectivity index (χ3v) is 4.19. The summed E-state index contributed by atoms with van der Waals surface area (Å²) in [6.07, 6.45) is 0. The van der Waals surface area contributed by atoms with Crippen molar-refractivity contribution >= 4 is 23.2 Å². The summed E-state index contributed by atoms with van der Waals surface area (Å²) in [5, 5.41) is 0. The Morgan fingerprint density at radius 1 is 1.04 bits per heavy atom. The van der Waals surface area contributed by atoms with E-state index >= 15 is 0 Å². The van der Waals surface area contributed by atoms with Gasteiger partial charge >= 0.3 is 0 Å². The van der Waals surface area contributed by atoms with E-state index in [-0.39, 0.29) is 17.7 Å². The quantitative estimate of drug-likeness (QED) is 0.854. The first-order valence-corrected chi connectivity index (χ1v) is 7.90. The lowest BCUT2D eigenvalue weighted by atomic mass is 10.1. The third-order valence-electron chi connectivity index (χ3n) is 4.19. The summed E-state index contributed by atoms with van der Waals surface area (Å²) in [5.74, 6) is -0.256. The van der Waals surface area contributed by atoms with Crippen molar-refractivity contribution in [3.05, 3.63) is 60.2 Å². The van der Waals surface area contributed by atoms with E-state index in [0.717, 1.165) is 11.4 Å². The SMILES string of the molecule is CCN1C(=O)[C@H](C)CN(C(=O)c2ccccc2)c2ccccc21. The van der Waals surface area contributed by atoms with Crippen LogP contribution in [-0.2, 0) is 4.79 Å². The van der Waals surface area contributed by atoms with Crippen LogP contribution in [0.15, 0.2) is 54.6 Å². The molecule has 1 aliphatic rings. The zero-order valence-electron chi connectivity index (χ0n) is 13.4. The predicted octanol–water partition coefficient (Wildman–Crippen LogP) is 3.34. The van der Waals surface area contributed by atoms with Crippen LogP contribution in [0, 0.1) is 5.92 Å². The first-order chi connectivity index (χ1) is 11.1. The molecule has 1 heterocycles. The highest BCUT2D eigenvalue weighted by atomic mass is 16.2. The molecule has 0 bridgehead atoms. The number of para-hydroxylation sites is 2. The normalized spacial score (nSPS) is 17.7. The van der Waals surface area contributed by atoms with Gasteiger partial charge in [-0.2, -0.15) is 0 Å². The number of amides is 2. The van der Waals surface area contributed by atoms with Crippen LogP contribution in [0.5, 0.6) is 0 Å². The highest BCUT2D eigenvalue weighted by Crippen LogP contribution is 2.34. The Bertz CT molecular complexity index is 727.